The molecule has 0 bridgehead atoms. The van der Waals surface area contributed by atoms with Gasteiger partial charge in [-0.1, -0.05) is 27.7 Å². The van der Waals surface area contributed by atoms with E-state index in [0.29, 0.717) is 5.92 Å². The number of hydroxylamine groups is 2. The van der Waals surface area contributed by atoms with Gasteiger partial charge in [0, 0.05) is 11.1 Å². The third-order valence-corrected chi connectivity index (χ3v) is 4.04. The van der Waals surface area contributed by atoms with Crippen LogP contribution in [0.3, 0.4) is 0 Å². The molecule has 0 aliphatic rings. The highest BCUT2D eigenvalue weighted by Gasteiger charge is 2.38. The predicted octanol–water partition coefficient (Wildman–Crippen LogP) is 4.64. The minimum absolute atomic E-state index is 0.0721. The zero-order valence-corrected chi connectivity index (χ0v) is 13.4. The molecule has 17 heavy (non-hydrogen) atoms. The number of nitrogens with zero attached hydrogens (tertiary/aromatic N) is 1. The first-order chi connectivity index (χ1) is 7.58. The zero-order chi connectivity index (χ0) is 13.9. The van der Waals surface area contributed by atoms with Crippen molar-refractivity contribution in [2.75, 3.05) is 0 Å². The van der Waals surface area contributed by atoms with Crippen molar-refractivity contribution < 1.29 is 4.84 Å². The van der Waals surface area contributed by atoms with E-state index in [9.17, 15) is 0 Å². The Labute approximate surface area is 109 Å². The summed E-state index contributed by atoms with van der Waals surface area (Å²) in [4.78, 5) is 6.26. The van der Waals surface area contributed by atoms with Crippen molar-refractivity contribution in [2.45, 2.75) is 92.3 Å². The SMILES string of the molecule is CCC(C)(C)N(OC(C)C(C)C)C(C)(C)CC. The van der Waals surface area contributed by atoms with Gasteiger partial charge in [0.25, 0.3) is 0 Å². The van der Waals surface area contributed by atoms with E-state index >= 15 is 0 Å². The standard InChI is InChI=1S/C15H33NO/c1-10-14(6,7)16(15(8,9)11-2)17-13(5)12(3)4/h12-13H,10-11H2,1-9H3. The molecular weight excluding hydrogens is 210 g/mol. The minimum atomic E-state index is 0.0721. The summed E-state index contributed by atoms with van der Waals surface area (Å²) in [5.41, 5.74) is 0.144. The number of hydrogen-bond donors (Lipinski definition) is 0. The zero-order valence-electron chi connectivity index (χ0n) is 13.4. The molecule has 0 saturated carbocycles. The first-order valence-corrected chi connectivity index (χ1v) is 7.05. The molecule has 104 valence electrons. The summed E-state index contributed by atoms with van der Waals surface area (Å²) in [5.74, 6) is 0.540. The Bertz CT molecular complexity index is 205. The summed E-state index contributed by atoms with van der Waals surface area (Å²) in [7, 11) is 0. The van der Waals surface area contributed by atoms with E-state index in [1.807, 2.05) is 0 Å². The van der Waals surface area contributed by atoms with E-state index in [4.69, 9.17) is 4.84 Å². The topological polar surface area (TPSA) is 12.5 Å². The van der Waals surface area contributed by atoms with Gasteiger partial charge in [0.2, 0.25) is 0 Å². The fraction of sp³-hybridized carbons (Fsp3) is 1.00. The largest absolute Gasteiger partial charge is 0.295 e. The van der Waals surface area contributed by atoms with Gasteiger partial charge < -0.3 is 0 Å². The van der Waals surface area contributed by atoms with Gasteiger partial charge >= 0.3 is 0 Å². The summed E-state index contributed by atoms with van der Waals surface area (Å²) >= 11 is 0. The Morgan fingerprint density at radius 2 is 1.24 bits per heavy atom. The molecule has 0 radical (unpaired) electrons. The Morgan fingerprint density at radius 3 is 1.47 bits per heavy atom. The minimum Gasteiger partial charge on any atom is -0.295 e. The highest BCUT2D eigenvalue weighted by atomic mass is 16.7. The quantitative estimate of drug-likeness (QED) is 0.604. The summed E-state index contributed by atoms with van der Waals surface area (Å²) in [6.07, 6.45) is 2.43. The summed E-state index contributed by atoms with van der Waals surface area (Å²) < 4.78 is 0. The normalized spacial score (nSPS) is 15.7. The van der Waals surface area contributed by atoms with Crippen molar-refractivity contribution in [1.82, 2.24) is 5.06 Å². The Kier molecular flexibility index (Phi) is 6.16. The molecule has 1 atom stereocenters. The van der Waals surface area contributed by atoms with Gasteiger partial charge in [-0.25, -0.2) is 0 Å². The van der Waals surface area contributed by atoms with Gasteiger partial charge in [0.05, 0.1) is 6.10 Å². The fourth-order valence-corrected chi connectivity index (χ4v) is 1.68. The van der Waals surface area contributed by atoms with Crippen LogP contribution in [0, 0.1) is 5.92 Å². The lowest BCUT2D eigenvalue weighted by Crippen LogP contribution is -2.56. The lowest BCUT2D eigenvalue weighted by Gasteiger charge is -2.48. The molecule has 0 N–H and O–H groups in total. The Balaban J connectivity index is 5.00. The average Bonchev–Trinajstić information content (AvgIpc) is 2.24. The number of rotatable bonds is 7. The molecule has 2 nitrogen and oxygen atoms in total. The van der Waals surface area contributed by atoms with Crippen molar-refractivity contribution in [2.24, 2.45) is 5.92 Å². The third-order valence-electron chi connectivity index (χ3n) is 4.04. The van der Waals surface area contributed by atoms with Crippen LogP contribution >= 0.6 is 0 Å². The van der Waals surface area contributed by atoms with Gasteiger partial charge in [0.15, 0.2) is 0 Å². The molecule has 0 heterocycles. The van der Waals surface area contributed by atoms with E-state index < -0.39 is 0 Å². The second-order valence-corrected chi connectivity index (χ2v) is 6.68. The molecule has 2 heteroatoms. The predicted molar refractivity (Wildman–Crippen MR) is 76.0 cm³/mol. The van der Waals surface area contributed by atoms with Crippen molar-refractivity contribution in [1.29, 1.82) is 0 Å². The van der Waals surface area contributed by atoms with Crippen molar-refractivity contribution in [3.8, 4) is 0 Å². The molecule has 0 fully saturated rings. The molecule has 0 aliphatic heterocycles. The second kappa shape index (κ2) is 6.19. The van der Waals surface area contributed by atoms with Crippen LogP contribution in [0.5, 0.6) is 0 Å². The molecular formula is C15H33NO. The van der Waals surface area contributed by atoms with Gasteiger partial charge in [-0.2, -0.15) is 5.06 Å². The second-order valence-electron chi connectivity index (χ2n) is 6.68. The van der Waals surface area contributed by atoms with E-state index in [-0.39, 0.29) is 17.2 Å². The van der Waals surface area contributed by atoms with Crippen LogP contribution in [-0.4, -0.2) is 22.2 Å². The smallest absolute Gasteiger partial charge is 0.0788 e. The maximum atomic E-state index is 6.26. The molecule has 0 aliphatic carbocycles. The summed E-state index contributed by atoms with van der Waals surface area (Å²) in [5, 5.41) is 2.23. The fourth-order valence-electron chi connectivity index (χ4n) is 1.68. The van der Waals surface area contributed by atoms with Crippen LogP contribution in [0.4, 0.5) is 0 Å². The van der Waals surface area contributed by atoms with E-state index in [0.717, 1.165) is 12.8 Å². The maximum Gasteiger partial charge on any atom is 0.0788 e. The van der Waals surface area contributed by atoms with E-state index in [2.05, 4.69) is 67.4 Å². The lowest BCUT2D eigenvalue weighted by atomic mass is 9.92. The highest BCUT2D eigenvalue weighted by Crippen LogP contribution is 2.32. The van der Waals surface area contributed by atoms with Gasteiger partial charge in [-0.3, -0.25) is 4.84 Å². The maximum absolute atomic E-state index is 6.26. The molecule has 0 rings (SSSR count). The first-order valence-electron chi connectivity index (χ1n) is 7.05. The monoisotopic (exact) mass is 243 g/mol. The van der Waals surface area contributed by atoms with Gasteiger partial charge in [-0.05, 0) is 53.4 Å². The molecule has 0 saturated heterocycles. The van der Waals surface area contributed by atoms with Crippen molar-refractivity contribution >= 4 is 0 Å². The van der Waals surface area contributed by atoms with Crippen LogP contribution in [0.25, 0.3) is 0 Å². The van der Waals surface area contributed by atoms with Crippen molar-refractivity contribution in [3.05, 3.63) is 0 Å². The van der Waals surface area contributed by atoms with E-state index in [1.54, 1.807) is 0 Å². The lowest BCUT2D eigenvalue weighted by molar-refractivity contribution is -0.295. The van der Waals surface area contributed by atoms with Crippen LogP contribution in [0.15, 0.2) is 0 Å². The molecule has 0 aromatic carbocycles. The molecule has 0 spiro atoms. The molecule has 1 unspecified atom stereocenters. The first kappa shape index (κ1) is 16.9. The summed E-state index contributed by atoms with van der Waals surface area (Å²) in [6, 6.07) is 0. The molecule has 0 aromatic heterocycles. The third kappa shape index (κ3) is 4.59. The van der Waals surface area contributed by atoms with Gasteiger partial charge in [-0.15, -0.1) is 0 Å². The average molecular weight is 243 g/mol. The molecule has 0 amide bonds. The van der Waals surface area contributed by atoms with Crippen LogP contribution < -0.4 is 0 Å². The van der Waals surface area contributed by atoms with Crippen LogP contribution in [-0.2, 0) is 4.84 Å². The highest BCUT2D eigenvalue weighted by molar-refractivity contribution is 4.86. The van der Waals surface area contributed by atoms with Crippen LogP contribution in [0.1, 0.15) is 75.2 Å². The Hall–Kier alpha value is -0.0800. The summed E-state index contributed by atoms with van der Waals surface area (Å²) in [6.45, 7) is 20.1. The number of hydrogen-bond acceptors (Lipinski definition) is 2. The van der Waals surface area contributed by atoms with Crippen LogP contribution in [0.2, 0.25) is 0 Å². The van der Waals surface area contributed by atoms with Crippen molar-refractivity contribution in [3.63, 3.8) is 0 Å². The molecule has 0 aromatic rings. The van der Waals surface area contributed by atoms with E-state index in [1.165, 1.54) is 0 Å². The Morgan fingerprint density at radius 1 is 0.882 bits per heavy atom. The van der Waals surface area contributed by atoms with Gasteiger partial charge in [0.1, 0.15) is 0 Å².